The Morgan fingerprint density at radius 2 is 1.56 bits per heavy atom. The number of carbonyl (C=O) groups is 1. The molecule has 0 aliphatic heterocycles. The molecular formula is C16H14O2. The minimum Gasteiger partial charge on any atom is -0.481 e. The summed E-state index contributed by atoms with van der Waals surface area (Å²) in [4.78, 5) is 10.4. The van der Waals surface area contributed by atoms with Crippen molar-refractivity contribution in [3.63, 3.8) is 0 Å². The Morgan fingerprint density at radius 1 is 0.944 bits per heavy atom. The van der Waals surface area contributed by atoms with Gasteiger partial charge in [0.2, 0.25) is 0 Å². The van der Waals surface area contributed by atoms with Gasteiger partial charge in [0.05, 0.1) is 6.42 Å². The van der Waals surface area contributed by atoms with Crippen LogP contribution in [0.1, 0.15) is 12.0 Å². The largest absolute Gasteiger partial charge is 0.481 e. The second-order valence-corrected chi connectivity index (χ2v) is 3.99. The first kappa shape index (κ1) is 12.1. The number of rotatable bonds is 4. The van der Waals surface area contributed by atoms with Crippen LogP contribution in [0.5, 0.6) is 0 Å². The average Bonchev–Trinajstić information content (AvgIpc) is 2.40. The Balaban J connectivity index is 2.11. The standard InChI is InChI=1S/C16H14O2/c17-16(18)8-4-5-13-9-11-15(12-10-13)14-6-2-1-3-7-14/h1-7,9-12H,8H2,(H,17,18)/b5-4+. The molecule has 0 aliphatic rings. The third kappa shape index (κ3) is 3.32. The summed E-state index contributed by atoms with van der Waals surface area (Å²) in [5, 5.41) is 8.53. The van der Waals surface area contributed by atoms with Crippen LogP contribution in [-0.4, -0.2) is 11.1 Å². The lowest BCUT2D eigenvalue weighted by Crippen LogP contribution is -1.89. The van der Waals surface area contributed by atoms with E-state index in [4.69, 9.17) is 5.11 Å². The topological polar surface area (TPSA) is 37.3 Å². The van der Waals surface area contributed by atoms with Crippen LogP contribution >= 0.6 is 0 Å². The second-order valence-electron chi connectivity index (χ2n) is 3.99. The van der Waals surface area contributed by atoms with Gasteiger partial charge in [0.25, 0.3) is 0 Å². The van der Waals surface area contributed by atoms with E-state index in [0.29, 0.717) is 0 Å². The molecule has 0 spiro atoms. The summed E-state index contributed by atoms with van der Waals surface area (Å²) in [5.41, 5.74) is 3.35. The van der Waals surface area contributed by atoms with Crippen LogP contribution < -0.4 is 0 Å². The van der Waals surface area contributed by atoms with E-state index in [0.717, 1.165) is 11.1 Å². The summed E-state index contributed by atoms with van der Waals surface area (Å²) < 4.78 is 0. The Hall–Kier alpha value is -2.35. The fraction of sp³-hybridized carbons (Fsp3) is 0.0625. The lowest BCUT2D eigenvalue weighted by atomic mass is 10.0. The van der Waals surface area contributed by atoms with E-state index in [1.54, 1.807) is 6.08 Å². The molecule has 2 nitrogen and oxygen atoms in total. The van der Waals surface area contributed by atoms with Gasteiger partial charge in [-0.25, -0.2) is 0 Å². The molecule has 0 radical (unpaired) electrons. The number of carboxylic acids is 1. The van der Waals surface area contributed by atoms with Gasteiger partial charge in [-0.15, -0.1) is 0 Å². The highest BCUT2D eigenvalue weighted by Crippen LogP contribution is 2.19. The Kier molecular flexibility index (Phi) is 3.92. The minimum absolute atomic E-state index is 0.0560. The van der Waals surface area contributed by atoms with Crippen molar-refractivity contribution in [1.29, 1.82) is 0 Å². The van der Waals surface area contributed by atoms with Crippen LogP contribution in [0.4, 0.5) is 0 Å². The van der Waals surface area contributed by atoms with E-state index in [1.807, 2.05) is 48.5 Å². The zero-order valence-corrected chi connectivity index (χ0v) is 9.91. The number of hydrogen-bond acceptors (Lipinski definition) is 1. The molecule has 2 aromatic rings. The van der Waals surface area contributed by atoms with Gasteiger partial charge in [0.15, 0.2) is 0 Å². The molecule has 0 heterocycles. The highest BCUT2D eigenvalue weighted by molar-refractivity contribution is 5.71. The summed E-state index contributed by atoms with van der Waals surface area (Å²) >= 11 is 0. The van der Waals surface area contributed by atoms with Crippen molar-refractivity contribution in [3.8, 4) is 11.1 Å². The monoisotopic (exact) mass is 238 g/mol. The van der Waals surface area contributed by atoms with E-state index in [9.17, 15) is 4.79 Å². The van der Waals surface area contributed by atoms with Crippen LogP contribution in [-0.2, 0) is 4.79 Å². The predicted molar refractivity (Wildman–Crippen MR) is 73.2 cm³/mol. The lowest BCUT2D eigenvalue weighted by molar-refractivity contribution is -0.135. The predicted octanol–water partition coefficient (Wildman–Crippen LogP) is 3.84. The summed E-state index contributed by atoms with van der Waals surface area (Å²) in [6, 6.07) is 18.2. The molecule has 0 bridgehead atoms. The number of carboxylic acid groups (broad SMARTS) is 1. The first-order valence-electron chi connectivity index (χ1n) is 5.79. The van der Waals surface area contributed by atoms with Gasteiger partial charge < -0.3 is 5.11 Å². The third-order valence-electron chi connectivity index (χ3n) is 2.62. The van der Waals surface area contributed by atoms with Gasteiger partial charge in [-0.05, 0) is 16.7 Å². The first-order chi connectivity index (χ1) is 8.75. The van der Waals surface area contributed by atoms with Gasteiger partial charge in [0, 0.05) is 0 Å². The maximum atomic E-state index is 10.4. The molecule has 18 heavy (non-hydrogen) atoms. The van der Waals surface area contributed by atoms with Crippen molar-refractivity contribution in [1.82, 2.24) is 0 Å². The molecular weight excluding hydrogens is 224 g/mol. The van der Waals surface area contributed by atoms with Crippen LogP contribution in [0.3, 0.4) is 0 Å². The molecule has 0 aliphatic carbocycles. The van der Waals surface area contributed by atoms with Gasteiger partial charge in [0.1, 0.15) is 0 Å². The number of aliphatic carboxylic acids is 1. The van der Waals surface area contributed by atoms with E-state index in [-0.39, 0.29) is 6.42 Å². The normalized spacial score (nSPS) is 10.7. The molecule has 1 N–H and O–H groups in total. The fourth-order valence-electron chi connectivity index (χ4n) is 1.71. The van der Waals surface area contributed by atoms with Crippen molar-refractivity contribution in [2.24, 2.45) is 0 Å². The van der Waals surface area contributed by atoms with Gasteiger partial charge in [-0.3, -0.25) is 4.79 Å². The molecule has 90 valence electrons. The first-order valence-corrected chi connectivity index (χ1v) is 5.79. The second kappa shape index (κ2) is 5.82. The number of hydrogen-bond donors (Lipinski definition) is 1. The molecule has 0 aromatic heterocycles. The summed E-state index contributed by atoms with van der Waals surface area (Å²) in [6.07, 6.45) is 3.53. The average molecular weight is 238 g/mol. The SMILES string of the molecule is O=C(O)C/C=C/c1ccc(-c2ccccc2)cc1. The maximum Gasteiger partial charge on any atom is 0.307 e. The summed E-state index contributed by atoms with van der Waals surface area (Å²) in [5.74, 6) is -0.813. The third-order valence-corrected chi connectivity index (χ3v) is 2.62. The smallest absolute Gasteiger partial charge is 0.307 e. The zero-order chi connectivity index (χ0) is 12.8. The highest BCUT2D eigenvalue weighted by atomic mass is 16.4. The molecule has 2 rings (SSSR count). The van der Waals surface area contributed by atoms with E-state index >= 15 is 0 Å². The molecule has 0 saturated carbocycles. The molecule has 0 amide bonds. The minimum atomic E-state index is -0.813. The van der Waals surface area contributed by atoms with Crippen molar-refractivity contribution in [3.05, 3.63) is 66.2 Å². The van der Waals surface area contributed by atoms with Crippen LogP contribution in [0.25, 0.3) is 17.2 Å². The molecule has 2 heteroatoms. The van der Waals surface area contributed by atoms with Gasteiger partial charge in [-0.1, -0.05) is 66.7 Å². The van der Waals surface area contributed by atoms with Crippen molar-refractivity contribution in [2.75, 3.05) is 0 Å². The van der Waals surface area contributed by atoms with Crippen LogP contribution in [0, 0.1) is 0 Å². The Labute approximate surface area is 106 Å². The van der Waals surface area contributed by atoms with E-state index < -0.39 is 5.97 Å². The summed E-state index contributed by atoms with van der Waals surface area (Å²) in [6.45, 7) is 0. The number of benzene rings is 2. The van der Waals surface area contributed by atoms with E-state index in [1.165, 1.54) is 5.56 Å². The molecule has 0 atom stereocenters. The molecule has 2 aromatic carbocycles. The fourth-order valence-corrected chi connectivity index (χ4v) is 1.71. The highest BCUT2D eigenvalue weighted by Gasteiger charge is 1.96. The van der Waals surface area contributed by atoms with Gasteiger partial charge >= 0.3 is 5.97 Å². The lowest BCUT2D eigenvalue weighted by Gasteiger charge is -2.01. The molecule has 0 unspecified atom stereocenters. The maximum absolute atomic E-state index is 10.4. The molecule has 0 fully saturated rings. The Bertz CT molecular complexity index is 539. The van der Waals surface area contributed by atoms with E-state index in [2.05, 4.69) is 12.1 Å². The van der Waals surface area contributed by atoms with Crippen molar-refractivity contribution >= 4 is 12.0 Å². The van der Waals surface area contributed by atoms with Crippen molar-refractivity contribution in [2.45, 2.75) is 6.42 Å². The van der Waals surface area contributed by atoms with Crippen LogP contribution in [0.2, 0.25) is 0 Å². The Morgan fingerprint density at radius 3 is 2.17 bits per heavy atom. The zero-order valence-electron chi connectivity index (χ0n) is 9.91. The van der Waals surface area contributed by atoms with Crippen molar-refractivity contribution < 1.29 is 9.90 Å². The molecule has 0 saturated heterocycles. The summed E-state index contributed by atoms with van der Waals surface area (Å²) in [7, 11) is 0. The van der Waals surface area contributed by atoms with Crippen LogP contribution in [0.15, 0.2) is 60.7 Å². The quantitative estimate of drug-likeness (QED) is 0.878. The van der Waals surface area contributed by atoms with Gasteiger partial charge in [-0.2, -0.15) is 0 Å².